The second-order valence-corrected chi connectivity index (χ2v) is 8.90. The van der Waals surface area contributed by atoms with Crippen molar-refractivity contribution < 1.29 is 19.1 Å². The van der Waals surface area contributed by atoms with Gasteiger partial charge in [-0.3, -0.25) is 14.4 Å². The van der Waals surface area contributed by atoms with Gasteiger partial charge in [-0.15, -0.1) is 11.3 Å². The van der Waals surface area contributed by atoms with Crippen molar-refractivity contribution in [1.82, 2.24) is 0 Å². The maximum atomic E-state index is 12.6. The molecule has 0 fully saturated rings. The number of benzene rings is 1. The van der Waals surface area contributed by atoms with Gasteiger partial charge in [-0.05, 0) is 48.4 Å². The van der Waals surface area contributed by atoms with Gasteiger partial charge in [0.1, 0.15) is 5.00 Å². The number of fused-ring (bicyclic) bond motifs is 1. The number of esters is 1. The molecule has 3 N–H and O–H groups in total. The van der Waals surface area contributed by atoms with Gasteiger partial charge in [-0.2, -0.15) is 0 Å². The number of anilines is 1. The Bertz CT molecular complexity index is 937. The monoisotopic (exact) mass is 434 g/mol. The van der Waals surface area contributed by atoms with E-state index in [4.69, 9.17) is 22.1 Å². The molecule has 0 bridgehead atoms. The average molecular weight is 435 g/mol. The minimum absolute atomic E-state index is 0.0199. The van der Waals surface area contributed by atoms with Crippen molar-refractivity contribution >= 4 is 45.7 Å². The number of carbonyl (C=O) groups is 3. The Balaban J connectivity index is 1.65. The van der Waals surface area contributed by atoms with Crippen LogP contribution in [0.25, 0.3) is 0 Å². The van der Waals surface area contributed by atoms with Crippen LogP contribution in [0.4, 0.5) is 5.00 Å². The Labute approximate surface area is 178 Å². The largest absolute Gasteiger partial charge is 0.455 e. The van der Waals surface area contributed by atoms with Crippen molar-refractivity contribution in [1.29, 1.82) is 0 Å². The zero-order valence-electron chi connectivity index (χ0n) is 16.3. The van der Waals surface area contributed by atoms with E-state index in [1.54, 1.807) is 24.3 Å². The molecule has 1 aromatic heterocycles. The third-order valence-corrected chi connectivity index (χ3v) is 6.38. The first-order valence-electron chi connectivity index (χ1n) is 9.44. The predicted octanol–water partition coefficient (Wildman–Crippen LogP) is 3.91. The summed E-state index contributed by atoms with van der Waals surface area (Å²) in [6.45, 7) is 3.39. The van der Waals surface area contributed by atoms with Gasteiger partial charge < -0.3 is 15.8 Å². The lowest BCUT2D eigenvalue weighted by atomic mass is 9.88. The fourth-order valence-corrected chi connectivity index (χ4v) is 5.04. The maximum Gasteiger partial charge on any atom is 0.314 e. The number of carbonyl (C=O) groups excluding carboxylic acids is 3. The molecule has 29 heavy (non-hydrogen) atoms. The molecule has 1 aliphatic carbocycles. The number of rotatable bonds is 7. The van der Waals surface area contributed by atoms with Crippen LogP contribution < -0.4 is 11.1 Å². The molecule has 3 rings (SSSR count). The third kappa shape index (κ3) is 4.79. The predicted molar refractivity (Wildman–Crippen MR) is 113 cm³/mol. The number of halogens is 1. The summed E-state index contributed by atoms with van der Waals surface area (Å²) in [5.41, 5.74) is 7.58. The van der Waals surface area contributed by atoms with E-state index in [2.05, 4.69) is 5.32 Å². The van der Waals surface area contributed by atoms with E-state index in [9.17, 15) is 14.4 Å². The van der Waals surface area contributed by atoms with Crippen LogP contribution in [0.5, 0.6) is 0 Å². The van der Waals surface area contributed by atoms with E-state index in [1.165, 1.54) is 11.3 Å². The van der Waals surface area contributed by atoms with E-state index in [0.29, 0.717) is 15.6 Å². The van der Waals surface area contributed by atoms with Gasteiger partial charge in [0.25, 0.3) is 11.8 Å². The van der Waals surface area contributed by atoms with Gasteiger partial charge in [0, 0.05) is 9.90 Å². The van der Waals surface area contributed by atoms with Crippen molar-refractivity contribution in [3.8, 4) is 0 Å². The summed E-state index contributed by atoms with van der Waals surface area (Å²) in [6, 6.07) is 6.99. The van der Waals surface area contributed by atoms with Crippen LogP contribution >= 0.6 is 22.9 Å². The Kier molecular flexibility index (Phi) is 6.59. The van der Waals surface area contributed by atoms with Crippen molar-refractivity contribution in [2.45, 2.75) is 39.0 Å². The second kappa shape index (κ2) is 8.97. The fourth-order valence-electron chi connectivity index (χ4n) is 3.61. The van der Waals surface area contributed by atoms with E-state index in [1.807, 2.05) is 13.8 Å². The summed E-state index contributed by atoms with van der Waals surface area (Å²) in [4.78, 5) is 37.8. The molecule has 0 saturated carbocycles. The summed E-state index contributed by atoms with van der Waals surface area (Å²) in [6.07, 6.45) is 2.64. The third-order valence-electron chi connectivity index (χ3n) is 4.92. The van der Waals surface area contributed by atoms with Crippen LogP contribution in [0.15, 0.2) is 24.3 Å². The molecule has 1 heterocycles. The molecule has 0 spiro atoms. The van der Waals surface area contributed by atoms with E-state index in [-0.39, 0.29) is 5.92 Å². The van der Waals surface area contributed by atoms with Gasteiger partial charge in [0.2, 0.25) is 0 Å². The van der Waals surface area contributed by atoms with Crippen molar-refractivity contribution in [2.24, 2.45) is 11.7 Å². The number of ether oxygens (including phenoxy) is 1. The summed E-state index contributed by atoms with van der Waals surface area (Å²) >= 11 is 7.28. The first-order chi connectivity index (χ1) is 13.8. The molecule has 0 aliphatic heterocycles. The molecular weight excluding hydrogens is 412 g/mol. The Morgan fingerprint density at radius 2 is 1.90 bits per heavy atom. The SMILES string of the molecule is CC(C)C(C(=O)OCC(=O)Nc1sc2c(c1C(N)=O)CCC2)c1ccc(Cl)cc1. The van der Waals surface area contributed by atoms with Crippen LogP contribution in [0.1, 0.15) is 52.5 Å². The minimum Gasteiger partial charge on any atom is -0.455 e. The van der Waals surface area contributed by atoms with Crippen LogP contribution in [-0.2, 0) is 27.2 Å². The Hall–Kier alpha value is -2.38. The van der Waals surface area contributed by atoms with Gasteiger partial charge >= 0.3 is 5.97 Å². The lowest BCUT2D eigenvalue weighted by Crippen LogP contribution is -2.26. The lowest BCUT2D eigenvalue weighted by molar-refractivity contribution is -0.149. The second-order valence-electron chi connectivity index (χ2n) is 7.35. The van der Waals surface area contributed by atoms with Gasteiger partial charge in [-0.1, -0.05) is 37.6 Å². The number of hydrogen-bond acceptors (Lipinski definition) is 5. The molecule has 1 unspecified atom stereocenters. The lowest BCUT2D eigenvalue weighted by Gasteiger charge is -2.19. The molecule has 1 aromatic carbocycles. The standard InChI is InChI=1S/C21H23ClN2O4S/c1-11(2)17(12-6-8-13(22)9-7-12)21(27)28-10-16(25)24-20-18(19(23)26)14-4-3-5-15(14)29-20/h6-9,11,17H,3-5,10H2,1-2H3,(H2,23,26)(H,24,25). The van der Waals surface area contributed by atoms with Crippen LogP contribution in [0.2, 0.25) is 5.02 Å². The number of hydrogen-bond donors (Lipinski definition) is 2. The first-order valence-corrected chi connectivity index (χ1v) is 10.6. The molecule has 8 heteroatoms. The summed E-state index contributed by atoms with van der Waals surface area (Å²) < 4.78 is 5.27. The van der Waals surface area contributed by atoms with Crippen LogP contribution in [0, 0.1) is 5.92 Å². The highest BCUT2D eigenvalue weighted by atomic mass is 35.5. The molecule has 1 atom stereocenters. The molecule has 154 valence electrons. The van der Waals surface area contributed by atoms with E-state index < -0.39 is 30.3 Å². The number of amides is 2. The quantitative estimate of drug-likeness (QED) is 0.645. The van der Waals surface area contributed by atoms with E-state index >= 15 is 0 Å². The van der Waals surface area contributed by atoms with E-state index in [0.717, 1.165) is 35.3 Å². The first kappa shape index (κ1) is 21.3. The highest BCUT2D eigenvalue weighted by Gasteiger charge is 2.28. The van der Waals surface area contributed by atoms with Gasteiger partial charge in [0.15, 0.2) is 6.61 Å². The zero-order chi connectivity index (χ0) is 21.1. The van der Waals surface area contributed by atoms with Gasteiger partial charge in [0.05, 0.1) is 11.5 Å². The molecule has 6 nitrogen and oxygen atoms in total. The molecular formula is C21H23ClN2O4S. The van der Waals surface area contributed by atoms with Crippen LogP contribution in [0.3, 0.4) is 0 Å². The maximum absolute atomic E-state index is 12.6. The van der Waals surface area contributed by atoms with Crippen molar-refractivity contribution in [3.63, 3.8) is 0 Å². The highest BCUT2D eigenvalue weighted by Crippen LogP contribution is 2.38. The number of aryl methyl sites for hydroxylation is 1. The number of primary amides is 1. The molecule has 0 saturated heterocycles. The topological polar surface area (TPSA) is 98.5 Å². The zero-order valence-corrected chi connectivity index (χ0v) is 17.9. The number of nitrogens with one attached hydrogen (secondary N) is 1. The fraction of sp³-hybridized carbons (Fsp3) is 0.381. The molecule has 0 radical (unpaired) electrons. The average Bonchev–Trinajstić information content (AvgIpc) is 3.21. The normalized spacial score (nSPS) is 13.8. The van der Waals surface area contributed by atoms with Crippen molar-refractivity contribution in [2.75, 3.05) is 11.9 Å². The Morgan fingerprint density at radius 1 is 1.21 bits per heavy atom. The molecule has 2 amide bonds. The van der Waals surface area contributed by atoms with Crippen LogP contribution in [-0.4, -0.2) is 24.4 Å². The van der Waals surface area contributed by atoms with Gasteiger partial charge in [-0.25, -0.2) is 0 Å². The summed E-state index contributed by atoms with van der Waals surface area (Å²) in [5, 5.41) is 3.69. The number of thiophene rings is 1. The summed E-state index contributed by atoms with van der Waals surface area (Å²) in [7, 11) is 0. The highest BCUT2D eigenvalue weighted by molar-refractivity contribution is 7.17. The smallest absolute Gasteiger partial charge is 0.314 e. The minimum atomic E-state index is -0.556. The molecule has 1 aliphatic rings. The van der Waals surface area contributed by atoms with Crippen molar-refractivity contribution in [3.05, 3.63) is 50.9 Å². The molecule has 2 aromatic rings. The number of nitrogens with two attached hydrogens (primary N) is 1. The summed E-state index contributed by atoms with van der Waals surface area (Å²) in [5.74, 6) is -2.07. The Morgan fingerprint density at radius 3 is 2.52 bits per heavy atom.